The first kappa shape index (κ1) is 19.2. The van der Waals surface area contributed by atoms with Crippen LogP contribution in [0.25, 0.3) is 0 Å². The third-order valence-electron chi connectivity index (χ3n) is 5.17. The number of hydrogen-bond donors (Lipinski definition) is 1. The summed E-state index contributed by atoms with van der Waals surface area (Å²) in [6, 6.07) is 10.8. The largest absolute Gasteiger partial charge is 0.467 e. The Morgan fingerprint density at radius 3 is 2.73 bits per heavy atom. The molecular formula is C20H19ClN6O2S. The molecule has 1 aliphatic carbocycles. The van der Waals surface area contributed by atoms with Crippen LogP contribution in [0.4, 0.5) is 0 Å². The number of nitrogens with zero attached hydrogens (tertiary/aromatic N) is 5. The van der Waals surface area contributed by atoms with Gasteiger partial charge in [0.2, 0.25) is 5.16 Å². The van der Waals surface area contributed by atoms with E-state index in [1.807, 2.05) is 36.4 Å². The van der Waals surface area contributed by atoms with Gasteiger partial charge in [-0.2, -0.15) is 5.10 Å². The highest BCUT2D eigenvalue weighted by Crippen LogP contribution is 2.39. The molecule has 154 valence electrons. The van der Waals surface area contributed by atoms with Crippen LogP contribution in [-0.2, 0) is 4.79 Å². The highest BCUT2D eigenvalue weighted by atomic mass is 35.5. The fourth-order valence-electron chi connectivity index (χ4n) is 3.46. The first-order chi connectivity index (χ1) is 14.6. The zero-order valence-electron chi connectivity index (χ0n) is 15.9. The summed E-state index contributed by atoms with van der Waals surface area (Å²) in [5, 5.41) is 15.6. The minimum atomic E-state index is -0.295. The molecule has 2 N–H and O–H groups in total. The summed E-state index contributed by atoms with van der Waals surface area (Å²) in [7, 11) is 0. The number of halogens is 1. The van der Waals surface area contributed by atoms with Gasteiger partial charge in [-0.25, -0.2) is 9.69 Å². The highest BCUT2D eigenvalue weighted by Gasteiger charge is 2.35. The van der Waals surface area contributed by atoms with Crippen molar-refractivity contribution in [3.05, 3.63) is 64.8 Å². The smallest absolute Gasteiger partial charge is 0.253 e. The van der Waals surface area contributed by atoms with Crippen LogP contribution in [0.1, 0.15) is 48.4 Å². The van der Waals surface area contributed by atoms with E-state index in [1.165, 1.54) is 21.4 Å². The van der Waals surface area contributed by atoms with Gasteiger partial charge in [-0.3, -0.25) is 4.79 Å². The summed E-state index contributed by atoms with van der Waals surface area (Å²) in [4.78, 5) is 13.1. The van der Waals surface area contributed by atoms with E-state index in [9.17, 15) is 4.79 Å². The van der Waals surface area contributed by atoms with Crippen LogP contribution in [-0.4, -0.2) is 37.3 Å². The number of thioether (sulfide) groups is 1. The number of nitrogens with two attached hydrogens (primary N) is 1. The Morgan fingerprint density at radius 2 is 2.03 bits per heavy atom. The van der Waals surface area contributed by atoms with Gasteiger partial charge in [0.15, 0.2) is 5.82 Å². The third kappa shape index (κ3) is 3.70. The third-order valence-corrected chi connectivity index (χ3v) is 6.35. The molecule has 3 aromatic rings. The van der Waals surface area contributed by atoms with Crippen molar-refractivity contribution in [2.45, 2.75) is 36.4 Å². The molecule has 1 fully saturated rings. The van der Waals surface area contributed by atoms with E-state index < -0.39 is 0 Å². The molecule has 30 heavy (non-hydrogen) atoms. The van der Waals surface area contributed by atoms with Gasteiger partial charge in [-0.05, 0) is 42.7 Å². The van der Waals surface area contributed by atoms with Gasteiger partial charge >= 0.3 is 0 Å². The van der Waals surface area contributed by atoms with Crippen LogP contribution < -0.4 is 5.84 Å². The number of amides is 1. The zero-order chi connectivity index (χ0) is 20.7. The molecule has 0 spiro atoms. The van der Waals surface area contributed by atoms with Crippen LogP contribution in [0.3, 0.4) is 0 Å². The van der Waals surface area contributed by atoms with E-state index in [2.05, 4.69) is 15.3 Å². The molecule has 10 heteroatoms. The maximum absolute atomic E-state index is 13.1. The lowest BCUT2D eigenvalue weighted by Gasteiger charge is -2.19. The van der Waals surface area contributed by atoms with Crippen molar-refractivity contribution in [2.24, 2.45) is 5.10 Å². The molecule has 1 atom stereocenters. The Bertz CT molecular complexity index is 1090. The number of hydrazone groups is 1. The fourth-order valence-corrected chi connectivity index (χ4v) is 4.30. The standard InChI is InChI=1S/C20H19ClN6O2S/c21-14-7-5-12(6-8-14)15-10-16(17-2-1-9-29-17)27(25-15)18(28)11-30-20-24-23-19(26(20)22)13-3-4-13/h1-2,5-9,13,16H,3-4,10-11,22H2/t16-/m1/s1. The quantitative estimate of drug-likeness (QED) is 0.462. The Hall–Kier alpha value is -2.78. The van der Waals surface area contributed by atoms with Crippen LogP contribution in [0.5, 0.6) is 0 Å². The molecule has 2 aromatic heterocycles. The van der Waals surface area contributed by atoms with Crippen molar-refractivity contribution in [3.63, 3.8) is 0 Å². The molecular weight excluding hydrogens is 424 g/mol. The van der Waals surface area contributed by atoms with Crippen molar-refractivity contribution in [1.29, 1.82) is 0 Å². The van der Waals surface area contributed by atoms with Crippen molar-refractivity contribution in [1.82, 2.24) is 19.9 Å². The first-order valence-electron chi connectivity index (χ1n) is 9.62. The number of furan rings is 1. The predicted molar refractivity (Wildman–Crippen MR) is 114 cm³/mol. The molecule has 2 aliphatic rings. The second-order valence-electron chi connectivity index (χ2n) is 7.30. The lowest BCUT2D eigenvalue weighted by Crippen LogP contribution is -2.28. The molecule has 1 saturated carbocycles. The summed E-state index contributed by atoms with van der Waals surface area (Å²) >= 11 is 7.26. The summed E-state index contributed by atoms with van der Waals surface area (Å²) in [5.41, 5.74) is 1.74. The second kappa shape index (κ2) is 7.81. The van der Waals surface area contributed by atoms with Crippen molar-refractivity contribution < 1.29 is 9.21 Å². The Balaban J connectivity index is 1.35. The second-order valence-corrected chi connectivity index (χ2v) is 8.68. The molecule has 0 saturated heterocycles. The maximum atomic E-state index is 13.1. The fraction of sp³-hybridized carbons (Fsp3) is 0.300. The van der Waals surface area contributed by atoms with Crippen LogP contribution in [0.15, 0.2) is 57.3 Å². The maximum Gasteiger partial charge on any atom is 0.253 e. The van der Waals surface area contributed by atoms with Crippen molar-refractivity contribution >= 4 is 35.0 Å². The molecule has 0 bridgehead atoms. The number of carbonyl (C=O) groups is 1. The molecule has 5 rings (SSSR count). The molecule has 0 radical (unpaired) electrons. The van der Waals surface area contributed by atoms with E-state index in [1.54, 1.807) is 6.26 Å². The number of rotatable bonds is 6. The zero-order valence-corrected chi connectivity index (χ0v) is 17.5. The minimum Gasteiger partial charge on any atom is -0.467 e. The first-order valence-corrected chi connectivity index (χ1v) is 11.0. The van der Waals surface area contributed by atoms with Gasteiger partial charge in [-0.15, -0.1) is 10.2 Å². The van der Waals surface area contributed by atoms with Gasteiger partial charge in [0.05, 0.1) is 17.7 Å². The number of nitrogen functional groups attached to an aromatic ring is 1. The van der Waals surface area contributed by atoms with E-state index in [0.717, 1.165) is 29.9 Å². The van der Waals surface area contributed by atoms with Crippen molar-refractivity contribution in [2.75, 3.05) is 11.6 Å². The van der Waals surface area contributed by atoms with Gasteiger partial charge in [0, 0.05) is 17.4 Å². The molecule has 8 nitrogen and oxygen atoms in total. The number of aromatic nitrogens is 3. The SMILES string of the molecule is Nn1c(SCC(=O)N2N=C(c3ccc(Cl)cc3)C[C@@H]2c2ccco2)nnc1C1CC1. The average Bonchev–Trinajstić information content (AvgIpc) is 3.15. The molecule has 1 aliphatic heterocycles. The summed E-state index contributed by atoms with van der Waals surface area (Å²) in [5.74, 6) is 7.95. The van der Waals surface area contributed by atoms with E-state index >= 15 is 0 Å². The van der Waals surface area contributed by atoms with E-state index in [0.29, 0.717) is 28.3 Å². The molecule has 3 heterocycles. The van der Waals surface area contributed by atoms with Gasteiger partial charge < -0.3 is 10.3 Å². The molecule has 1 amide bonds. The monoisotopic (exact) mass is 442 g/mol. The van der Waals surface area contributed by atoms with Crippen LogP contribution in [0, 0.1) is 0 Å². The summed E-state index contributed by atoms with van der Waals surface area (Å²) in [6.07, 6.45) is 4.33. The van der Waals surface area contributed by atoms with E-state index in [4.69, 9.17) is 21.9 Å². The Labute approximate surface area is 182 Å². The lowest BCUT2D eigenvalue weighted by atomic mass is 10.0. The Morgan fingerprint density at radius 1 is 1.23 bits per heavy atom. The summed E-state index contributed by atoms with van der Waals surface area (Å²) in [6.45, 7) is 0. The van der Waals surface area contributed by atoms with Gasteiger partial charge in [0.25, 0.3) is 5.91 Å². The number of carbonyl (C=O) groups excluding carboxylic acids is 1. The minimum absolute atomic E-state index is 0.147. The lowest BCUT2D eigenvalue weighted by molar-refractivity contribution is -0.130. The Kier molecular flexibility index (Phi) is 5.00. The average molecular weight is 443 g/mol. The molecule has 0 unspecified atom stereocenters. The summed E-state index contributed by atoms with van der Waals surface area (Å²) < 4.78 is 7.07. The van der Waals surface area contributed by atoms with Crippen LogP contribution in [0.2, 0.25) is 5.02 Å². The topological polar surface area (TPSA) is 103 Å². The van der Waals surface area contributed by atoms with E-state index in [-0.39, 0.29) is 17.7 Å². The molecule has 1 aromatic carbocycles. The van der Waals surface area contributed by atoms with Gasteiger partial charge in [0.1, 0.15) is 11.8 Å². The normalized spacial score (nSPS) is 18.6. The van der Waals surface area contributed by atoms with Crippen LogP contribution >= 0.6 is 23.4 Å². The number of benzene rings is 1. The van der Waals surface area contributed by atoms with Gasteiger partial charge in [-0.1, -0.05) is 35.5 Å². The highest BCUT2D eigenvalue weighted by molar-refractivity contribution is 7.99. The van der Waals surface area contributed by atoms with Crippen molar-refractivity contribution in [3.8, 4) is 0 Å². The number of hydrogen-bond acceptors (Lipinski definition) is 7. The predicted octanol–water partition coefficient (Wildman–Crippen LogP) is 3.59.